The van der Waals surface area contributed by atoms with Crippen molar-refractivity contribution in [3.8, 4) is 0 Å². The number of aromatic nitrogens is 2. The lowest BCUT2D eigenvalue weighted by Gasteiger charge is -2.19. The SMILES string of the molecule is CNCc1cc(C)nc(N(C)Cc2ccncc2)c1. The number of hydrogen-bond acceptors (Lipinski definition) is 4. The zero-order chi connectivity index (χ0) is 13.7. The van der Waals surface area contributed by atoms with Crippen molar-refractivity contribution in [1.29, 1.82) is 0 Å². The van der Waals surface area contributed by atoms with Crippen LogP contribution in [-0.4, -0.2) is 24.1 Å². The fraction of sp³-hybridized carbons (Fsp3) is 0.333. The molecule has 19 heavy (non-hydrogen) atoms. The number of rotatable bonds is 5. The summed E-state index contributed by atoms with van der Waals surface area (Å²) in [5, 5.41) is 3.17. The first-order chi connectivity index (χ1) is 9.19. The summed E-state index contributed by atoms with van der Waals surface area (Å²) in [6.07, 6.45) is 3.64. The average molecular weight is 256 g/mol. The monoisotopic (exact) mass is 256 g/mol. The Morgan fingerprint density at radius 3 is 2.58 bits per heavy atom. The highest BCUT2D eigenvalue weighted by atomic mass is 15.2. The number of nitrogens with zero attached hydrogens (tertiary/aromatic N) is 3. The van der Waals surface area contributed by atoms with Crippen LogP contribution in [0.1, 0.15) is 16.8 Å². The smallest absolute Gasteiger partial charge is 0.129 e. The van der Waals surface area contributed by atoms with Gasteiger partial charge in [0.2, 0.25) is 0 Å². The van der Waals surface area contributed by atoms with Gasteiger partial charge >= 0.3 is 0 Å². The number of anilines is 1. The Labute approximate surface area is 114 Å². The van der Waals surface area contributed by atoms with Crippen molar-refractivity contribution in [3.63, 3.8) is 0 Å². The highest BCUT2D eigenvalue weighted by molar-refractivity contribution is 5.42. The molecule has 2 rings (SSSR count). The van der Waals surface area contributed by atoms with Gasteiger partial charge in [0.05, 0.1) is 0 Å². The Kier molecular flexibility index (Phi) is 4.47. The van der Waals surface area contributed by atoms with E-state index >= 15 is 0 Å². The molecule has 0 amide bonds. The molecular weight excluding hydrogens is 236 g/mol. The first-order valence-corrected chi connectivity index (χ1v) is 6.41. The second-order valence-electron chi connectivity index (χ2n) is 4.72. The molecule has 0 radical (unpaired) electrons. The van der Waals surface area contributed by atoms with Crippen molar-refractivity contribution in [2.75, 3.05) is 19.0 Å². The van der Waals surface area contributed by atoms with Crippen molar-refractivity contribution >= 4 is 5.82 Å². The Hall–Kier alpha value is -1.94. The normalized spacial score (nSPS) is 10.5. The molecule has 2 heterocycles. The number of pyridine rings is 2. The molecule has 2 aromatic heterocycles. The molecule has 4 heteroatoms. The fourth-order valence-corrected chi connectivity index (χ4v) is 2.07. The summed E-state index contributed by atoms with van der Waals surface area (Å²) < 4.78 is 0. The number of nitrogens with one attached hydrogen (secondary N) is 1. The molecule has 100 valence electrons. The van der Waals surface area contributed by atoms with Crippen LogP contribution in [0.5, 0.6) is 0 Å². The van der Waals surface area contributed by atoms with Crippen LogP contribution in [0.3, 0.4) is 0 Å². The summed E-state index contributed by atoms with van der Waals surface area (Å²) in [5.41, 5.74) is 3.53. The molecule has 0 aliphatic heterocycles. The topological polar surface area (TPSA) is 41.1 Å². The Morgan fingerprint density at radius 2 is 1.89 bits per heavy atom. The van der Waals surface area contributed by atoms with Gasteiger partial charge in [-0.1, -0.05) is 0 Å². The summed E-state index contributed by atoms with van der Waals surface area (Å²) in [4.78, 5) is 10.8. The van der Waals surface area contributed by atoms with Crippen molar-refractivity contribution in [1.82, 2.24) is 15.3 Å². The number of aryl methyl sites for hydroxylation is 1. The predicted octanol–water partition coefficient (Wildman–Crippen LogP) is 2.14. The first-order valence-electron chi connectivity index (χ1n) is 6.41. The molecule has 0 unspecified atom stereocenters. The molecule has 1 N–H and O–H groups in total. The van der Waals surface area contributed by atoms with E-state index in [-0.39, 0.29) is 0 Å². The van der Waals surface area contributed by atoms with Crippen molar-refractivity contribution in [3.05, 3.63) is 53.5 Å². The molecule has 0 bridgehead atoms. The third-order valence-electron chi connectivity index (χ3n) is 2.94. The van der Waals surface area contributed by atoms with E-state index < -0.39 is 0 Å². The third-order valence-corrected chi connectivity index (χ3v) is 2.94. The highest BCUT2D eigenvalue weighted by Gasteiger charge is 2.06. The zero-order valence-corrected chi connectivity index (χ0v) is 11.7. The van der Waals surface area contributed by atoms with Crippen LogP contribution in [0.25, 0.3) is 0 Å². The van der Waals surface area contributed by atoms with Gasteiger partial charge in [-0.15, -0.1) is 0 Å². The molecular formula is C15H20N4. The van der Waals surface area contributed by atoms with Gasteiger partial charge in [-0.2, -0.15) is 0 Å². The van der Waals surface area contributed by atoms with Crippen LogP contribution in [-0.2, 0) is 13.1 Å². The minimum absolute atomic E-state index is 0.831. The Balaban J connectivity index is 2.16. The maximum atomic E-state index is 4.59. The summed E-state index contributed by atoms with van der Waals surface area (Å²) in [6.45, 7) is 3.72. The summed E-state index contributed by atoms with van der Waals surface area (Å²) >= 11 is 0. The van der Waals surface area contributed by atoms with E-state index in [4.69, 9.17) is 0 Å². The van der Waals surface area contributed by atoms with Gasteiger partial charge in [-0.05, 0) is 49.4 Å². The second kappa shape index (κ2) is 6.29. The minimum Gasteiger partial charge on any atom is -0.355 e. The lowest BCUT2D eigenvalue weighted by molar-refractivity contribution is 0.808. The van der Waals surface area contributed by atoms with Crippen molar-refractivity contribution in [2.45, 2.75) is 20.0 Å². The minimum atomic E-state index is 0.831. The fourth-order valence-electron chi connectivity index (χ4n) is 2.07. The average Bonchev–Trinajstić information content (AvgIpc) is 2.39. The molecule has 0 aliphatic rings. The van der Waals surface area contributed by atoms with E-state index in [2.05, 4.69) is 39.4 Å². The molecule has 0 atom stereocenters. The van der Waals surface area contributed by atoms with Crippen LogP contribution >= 0.6 is 0 Å². The van der Waals surface area contributed by atoms with Crippen LogP contribution < -0.4 is 10.2 Å². The molecule has 0 fully saturated rings. The van der Waals surface area contributed by atoms with Gasteiger partial charge in [0.15, 0.2) is 0 Å². The molecule has 0 spiro atoms. The largest absolute Gasteiger partial charge is 0.355 e. The van der Waals surface area contributed by atoms with E-state index in [1.54, 1.807) is 0 Å². The lowest BCUT2D eigenvalue weighted by Crippen LogP contribution is -2.18. The van der Waals surface area contributed by atoms with Crippen LogP contribution in [0, 0.1) is 6.92 Å². The molecule has 0 aromatic carbocycles. The van der Waals surface area contributed by atoms with E-state index in [1.807, 2.05) is 38.5 Å². The molecule has 0 aliphatic carbocycles. The maximum absolute atomic E-state index is 4.59. The highest BCUT2D eigenvalue weighted by Crippen LogP contribution is 2.16. The maximum Gasteiger partial charge on any atom is 0.129 e. The van der Waals surface area contributed by atoms with Gasteiger partial charge in [0.25, 0.3) is 0 Å². The Morgan fingerprint density at radius 1 is 1.16 bits per heavy atom. The molecule has 0 saturated carbocycles. The van der Waals surface area contributed by atoms with Crippen LogP contribution in [0.4, 0.5) is 5.82 Å². The zero-order valence-electron chi connectivity index (χ0n) is 11.7. The molecule has 0 saturated heterocycles. The lowest BCUT2D eigenvalue weighted by atomic mass is 10.2. The van der Waals surface area contributed by atoms with Gasteiger partial charge in [-0.3, -0.25) is 4.98 Å². The summed E-state index contributed by atoms with van der Waals surface area (Å²) in [6, 6.07) is 8.30. The van der Waals surface area contributed by atoms with Gasteiger partial charge < -0.3 is 10.2 Å². The van der Waals surface area contributed by atoms with Gasteiger partial charge in [0.1, 0.15) is 5.82 Å². The van der Waals surface area contributed by atoms with E-state index in [0.717, 1.165) is 24.6 Å². The van der Waals surface area contributed by atoms with Gasteiger partial charge in [0, 0.05) is 38.2 Å². The van der Waals surface area contributed by atoms with E-state index in [9.17, 15) is 0 Å². The molecule has 4 nitrogen and oxygen atoms in total. The Bertz CT molecular complexity index is 525. The third kappa shape index (κ3) is 3.76. The van der Waals surface area contributed by atoms with Crippen LogP contribution in [0.15, 0.2) is 36.7 Å². The second-order valence-corrected chi connectivity index (χ2v) is 4.72. The quantitative estimate of drug-likeness (QED) is 0.890. The van der Waals surface area contributed by atoms with E-state index in [0.29, 0.717) is 0 Å². The standard InChI is InChI=1S/C15H20N4/c1-12-8-14(10-16-2)9-15(18-12)19(3)11-13-4-6-17-7-5-13/h4-9,16H,10-11H2,1-3H3. The number of hydrogen-bond donors (Lipinski definition) is 1. The van der Waals surface area contributed by atoms with Crippen molar-refractivity contribution in [2.24, 2.45) is 0 Å². The van der Waals surface area contributed by atoms with Crippen molar-refractivity contribution < 1.29 is 0 Å². The summed E-state index contributed by atoms with van der Waals surface area (Å²) in [5.74, 6) is 1.00. The van der Waals surface area contributed by atoms with Gasteiger partial charge in [-0.25, -0.2) is 4.98 Å². The predicted molar refractivity (Wildman–Crippen MR) is 78.1 cm³/mol. The molecule has 2 aromatic rings. The van der Waals surface area contributed by atoms with Crippen LogP contribution in [0.2, 0.25) is 0 Å². The van der Waals surface area contributed by atoms with E-state index in [1.165, 1.54) is 11.1 Å². The first kappa shape index (κ1) is 13.5. The summed E-state index contributed by atoms with van der Waals surface area (Å²) in [7, 11) is 4.02.